The van der Waals surface area contributed by atoms with E-state index in [1.807, 2.05) is 19.1 Å². The van der Waals surface area contributed by atoms with Gasteiger partial charge in [-0.2, -0.15) is 0 Å². The number of nitrogens with zero attached hydrogens (tertiary/aromatic N) is 2. The van der Waals surface area contributed by atoms with E-state index in [1.165, 1.54) is 0 Å². The number of methoxy groups -OCH3 is 1. The number of ether oxygens (including phenoxy) is 1. The quantitative estimate of drug-likeness (QED) is 0.873. The summed E-state index contributed by atoms with van der Waals surface area (Å²) in [6.07, 6.45) is 1.33. The molecule has 3 rings (SSSR count). The van der Waals surface area contributed by atoms with Gasteiger partial charge in [-0.1, -0.05) is 17.7 Å². The summed E-state index contributed by atoms with van der Waals surface area (Å²) in [5, 5.41) is 9.62. The number of aryl methyl sites for hydroxylation is 1. The molecular formula is C18H21ClN2O4. The Morgan fingerprint density at radius 2 is 2.16 bits per heavy atom. The number of piperidine rings is 1. The van der Waals surface area contributed by atoms with E-state index in [0.29, 0.717) is 41.6 Å². The van der Waals surface area contributed by atoms with Gasteiger partial charge in [-0.3, -0.25) is 9.69 Å². The number of carboxylic acids is 1. The van der Waals surface area contributed by atoms with Gasteiger partial charge in [0, 0.05) is 6.54 Å². The summed E-state index contributed by atoms with van der Waals surface area (Å²) in [5.41, 5.74) is 1.48. The molecule has 1 fully saturated rings. The topological polar surface area (TPSA) is 75.8 Å². The fourth-order valence-electron chi connectivity index (χ4n) is 3.11. The molecule has 0 amide bonds. The second-order valence-corrected chi connectivity index (χ2v) is 6.63. The van der Waals surface area contributed by atoms with Gasteiger partial charge in [-0.15, -0.1) is 0 Å². The number of carboxylic acid groups (broad SMARTS) is 1. The second kappa shape index (κ2) is 7.45. The molecule has 1 aromatic carbocycles. The molecule has 1 aliphatic rings. The van der Waals surface area contributed by atoms with Crippen molar-refractivity contribution in [3.63, 3.8) is 0 Å². The van der Waals surface area contributed by atoms with Crippen LogP contribution in [-0.2, 0) is 11.3 Å². The van der Waals surface area contributed by atoms with Gasteiger partial charge in [0.25, 0.3) is 0 Å². The lowest BCUT2D eigenvalue weighted by Crippen LogP contribution is -2.36. The fourth-order valence-corrected chi connectivity index (χ4v) is 3.36. The summed E-state index contributed by atoms with van der Waals surface area (Å²) in [6, 6.07) is 5.40. The van der Waals surface area contributed by atoms with E-state index in [-0.39, 0.29) is 5.92 Å². The smallest absolute Gasteiger partial charge is 0.306 e. The average Bonchev–Trinajstić information content (AvgIpc) is 2.95. The van der Waals surface area contributed by atoms with Crippen LogP contribution in [0, 0.1) is 12.8 Å². The molecule has 0 atom stereocenters. The van der Waals surface area contributed by atoms with Gasteiger partial charge in [-0.25, -0.2) is 4.98 Å². The first-order valence-electron chi connectivity index (χ1n) is 8.24. The van der Waals surface area contributed by atoms with E-state index in [2.05, 4.69) is 9.88 Å². The van der Waals surface area contributed by atoms with Gasteiger partial charge in [-0.05, 0) is 45.0 Å². The maximum absolute atomic E-state index is 11.1. The minimum Gasteiger partial charge on any atom is -0.496 e. The van der Waals surface area contributed by atoms with E-state index in [1.54, 1.807) is 13.2 Å². The van der Waals surface area contributed by atoms with E-state index in [4.69, 9.17) is 25.9 Å². The average molecular weight is 365 g/mol. The third-order valence-electron chi connectivity index (χ3n) is 4.61. The second-order valence-electron chi connectivity index (χ2n) is 6.23. The zero-order chi connectivity index (χ0) is 18.0. The van der Waals surface area contributed by atoms with Crippen molar-refractivity contribution >= 4 is 17.6 Å². The molecule has 0 aliphatic carbocycles. The van der Waals surface area contributed by atoms with Crippen molar-refractivity contribution < 1.29 is 19.1 Å². The van der Waals surface area contributed by atoms with E-state index in [9.17, 15) is 4.79 Å². The minimum absolute atomic E-state index is 0.238. The molecule has 7 heteroatoms. The summed E-state index contributed by atoms with van der Waals surface area (Å²) in [7, 11) is 1.58. The Kier molecular flexibility index (Phi) is 5.30. The van der Waals surface area contributed by atoms with Crippen molar-refractivity contribution in [1.82, 2.24) is 9.88 Å². The summed E-state index contributed by atoms with van der Waals surface area (Å²) >= 11 is 6.30. The summed E-state index contributed by atoms with van der Waals surface area (Å²) < 4.78 is 11.2. The molecule has 0 saturated carbocycles. The number of aliphatic carboxylic acids is 1. The molecule has 2 aromatic rings. The largest absolute Gasteiger partial charge is 0.496 e. The number of likely N-dealkylation sites (tertiary alicyclic amines) is 1. The predicted octanol–water partition coefficient (Wildman–Crippen LogP) is 3.61. The zero-order valence-corrected chi connectivity index (χ0v) is 15.0. The highest BCUT2D eigenvalue weighted by Gasteiger charge is 2.26. The third-order valence-corrected chi connectivity index (χ3v) is 4.93. The van der Waals surface area contributed by atoms with Crippen molar-refractivity contribution in [1.29, 1.82) is 0 Å². The van der Waals surface area contributed by atoms with Crippen molar-refractivity contribution in [2.75, 3.05) is 20.2 Å². The number of carbonyl (C=O) groups is 1. The molecule has 6 nitrogen and oxygen atoms in total. The number of rotatable bonds is 5. The number of oxazole rings is 1. The summed E-state index contributed by atoms with van der Waals surface area (Å²) in [5.74, 6) is 0.846. The number of benzene rings is 1. The van der Waals surface area contributed by atoms with Crippen LogP contribution in [0.5, 0.6) is 5.75 Å². The molecule has 0 radical (unpaired) electrons. The Labute approximate surface area is 151 Å². The van der Waals surface area contributed by atoms with Gasteiger partial charge in [0.15, 0.2) is 0 Å². The Morgan fingerprint density at radius 1 is 1.44 bits per heavy atom. The predicted molar refractivity (Wildman–Crippen MR) is 93.9 cm³/mol. The van der Waals surface area contributed by atoms with Crippen LogP contribution in [0.3, 0.4) is 0 Å². The number of hydrogen-bond acceptors (Lipinski definition) is 5. The Bertz CT molecular complexity index is 766. The monoisotopic (exact) mass is 364 g/mol. The number of halogens is 1. The number of aromatic nitrogens is 1. The minimum atomic E-state index is -0.703. The standard InChI is InChI=1S/C18H21ClN2O4/c1-11-14(10-21-8-6-12(7-9-21)18(22)23)20-17(25-11)16-13(19)4-3-5-15(16)24-2/h3-5,12H,6-10H2,1-2H3,(H,22,23). The first kappa shape index (κ1) is 17.8. The van der Waals surface area contributed by atoms with Crippen molar-refractivity contribution in [3.8, 4) is 17.2 Å². The molecule has 1 aromatic heterocycles. The molecule has 134 valence electrons. The molecule has 1 aliphatic heterocycles. The SMILES string of the molecule is COc1cccc(Cl)c1-c1nc(CN2CCC(C(=O)O)CC2)c(C)o1. The normalized spacial score (nSPS) is 16.1. The van der Waals surface area contributed by atoms with Gasteiger partial charge in [0.05, 0.1) is 29.3 Å². The first-order valence-corrected chi connectivity index (χ1v) is 8.61. The van der Waals surface area contributed by atoms with Crippen LogP contribution in [0.2, 0.25) is 5.02 Å². The first-order chi connectivity index (χ1) is 12.0. The highest BCUT2D eigenvalue weighted by Crippen LogP contribution is 2.36. The molecular weight excluding hydrogens is 344 g/mol. The van der Waals surface area contributed by atoms with Gasteiger partial charge in [0.2, 0.25) is 5.89 Å². The van der Waals surface area contributed by atoms with Crippen LogP contribution in [0.15, 0.2) is 22.6 Å². The highest BCUT2D eigenvalue weighted by atomic mass is 35.5. The maximum atomic E-state index is 11.1. The molecule has 0 unspecified atom stereocenters. The van der Waals surface area contributed by atoms with Crippen LogP contribution in [0.25, 0.3) is 11.5 Å². The third kappa shape index (κ3) is 3.80. The molecule has 25 heavy (non-hydrogen) atoms. The Balaban J connectivity index is 1.77. The lowest BCUT2D eigenvalue weighted by atomic mass is 9.97. The van der Waals surface area contributed by atoms with Crippen molar-refractivity contribution in [2.24, 2.45) is 5.92 Å². The van der Waals surface area contributed by atoms with E-state index >= 15 is 0 Å². The Hall–Kier alpha value is -2.05. The molecule has 0 spiro atoms. The van der Waals surface area contributed by atoms with Gasteiger partial charge in [0.1, 0.15) is 11.5 Å². The number of hydrogen-bond donors (Lipinski definition) is 1. The van der Waals surface area contributed by atoms with E-state index in [0.717, 1.165) is 24.5 Å². The fraction of sp³-hybridized carbons (Fsp3) is 0.444. The van der Waals surface area contributed by atoms with E-state index < -0.39 is 5.97 Å². The molecule has 1 saturated heterocycles. The van der Waals surface area contributed by atoms with Crippen LogP contribution in [0.4, 0.5) is 0 Å². The Morgan fingerprint density at radius 3 is 2.80 bits per heavy atom. The van der Waals surface area contributed by atoms with Crippen LogP contribution >= 0.6 is 11.6 Å². The highest BCUT2D eigenvalue weighted by molar-refractivity contribution is 6.33. The maximum Gasteiger partial charge on any atom is 0.306 e. The van der Waals surface area contributed by atoms with Crippen molar-refractivity contribution in [2.45, 2.75) is 26.3 Å². The van der Waals surface area contributed by atoms with Gasteiger partial charge >= 0.3 is 5.97 Å². The molecule has 0 bridgehead atoms. The summed E-state index contributed by atoms with van der Waals surface area (Å²) in [6.45, 7) is 4.00. The van der Waals surface area contributed by atoms with Crippen LogP contribution in [-0.4, -0.2) is 41.2 Å². The zero-order valence-electron chi connectivity index (χ0n) is 14.3. The lowest BCUT2D eigenvalue weighted by Gasteiger charge is -2.29. The summed E-state index contributed by atoms with van der Waals surface area (Å²) in [4.78, 5) is 17.9. The molecule has 1 N–H and O–H groups in total. The molecule has 2 heterocycles. The van der Waals surface area contributed by atoms with Crippen LogP contribution < -0.4 is 4.74 Å². The lowest BCUT2D eigenvalue weighted by molar-refractivity contribution is -0.143. The van der Waals surface area contributed by atoms with Crippen LogP contribution in [0.1, 0.15) is 24.3 Å². The van der Waals surface area contributed by atoms with Gasteiger partial charge < -0.3 is 14.3 Å². The van der Waals surface area contributed by atoms with Crippen molar-refractivity contribution in [3.05, 3.63) is 34.7 Å².